The molecule has 0 unspecified atom stereocenters. The SMILES string of the molecule is COc1cccc(CN2C[C@H](OCC3CC3)CN(C(=O)CSc3nc(C)cs3)CC2=O)c1. The number of methoxy groups -OCH3 is 1. The molecule has 1 saturated carbocycles. The molecule has 4 rings (SSSR count). The van der Waals surface area contributed by atoms with E-state index in [2.05, 4.69) is 4.98 Å². The fourth-order valence-corrected chi connectivity index (χ4v) is 5.34. The summed E-state index contributed by atoms with van der Waals surface area (Å²) in [6.45, 7) is 4.09. The average Bonchev–Trinajstić information content (AvgIpc) is 3.55. The van der Waals surface area contributed by atoms with E-state index in [4.69, 9.17) is 9.47 Å². The summed E-state index contributed by atoms with van der Waals surface area (Å²) in [7, 11) is 1.63. The highest BCUT2D eigenvalue weighted by Crippen LogP contribution is 2.30. The highest BCUT2D eigenvalue weighted by atomic mass is 32.2. The first kappa shape index (κ1) is 23.1. The molecule has 0 N–H and O–H groups in total. The number of aromatic nitrogens is 1. The van der Waals surface area contributed by atoms with E-state index in [0.717, 1.165) is 21.3 Å². The number of hydrogen-bond acceptors (Lipinski definition) is 7. The molecule has 1 aliphatic carbocycles. The number of benzene rings is 1. The van der Waals surface area contributed by atoms with E-state index < -0.39 is 0 Å². The molecule has 1 atom stereocenters. The van der Waals surface area contributed by atoms with Gasteiger partial charge in [-0.1, -0.05) is 23.9 Å². The molecule has 1 aromatic heterocycles. The van der Waals surface area contributed by atoms with Crippen LogP contribution in [0.5, 0.6) is 5.75 Å². The summed E-state index contributed by atoms with van der Waals surface area (Å²) in [5, 5.41) is 1.97. The largest absolute Gasteiger partial charge is 0.497 e. The minimum absolute atomic E-state index is 0.0561. The molecule has 9 heteroatoms. The highest BCUT2D eigenvalue weighted by Gasteiger charge is 2.32. The maximum Gasteiger partial charge on any atom is 0.242 e. The van der Waals surface area contributed by atoms with Gasteiger partial charge in [-0.15, -0.1) is 11.3 Å². The molecule has 1 saturated heterocycles. The lowest BCUT2D eigenvalue weighted by atomic mass is 10.2. The maximum atomic E-state index is 13.1. The molecule has 7 nitrogen and oxygen atoms in total. The van der Waals surface area contributed by atoms with Crippen molar-refractivity contribution in [3.63, 3.8) is 0 Å². The highest BCUT2D eigenvalue weighted by molar-refractivity contribution is 8.01. The van der Waals surface area contributed by atoms with Gasteiger partial charge in [0.1, 0.15) is 5.75 Å². The fraction of sp³-hybridized carbons (Fsp3) is 0.522. The van der Waals surface area contributed by atoms with E-state index in [9.17, 15) is 9.59 Å². The van der Waals surface area contributed by atoms with E-state index in [0.29, 0.717) is 32.2 Å². The predicted molar refractivity (Wildman–Crippen MR) is 125 cm³/mol. The summed E-state index contributed by atoms with van der Waals surface area (Å²) in [5.74, 6) is 1.53. The molecule has 2 fully saturated rings. The molecule has 2 aliphatic rings. The summed E-state index contributed by atoms with van der Waals surface area (Å²) in [6, 6.07) is 7.73. The fourth-order valence-electron chi connectivity index (χ4n) is 3.59. The van der Waals surface area contributed by atoms with Gasteiger partial charge in [0.25, 0.3) is 0 Å². The number of carbonyl (C=O) groups excluding carboxylic acids is 2. The summed E-state index contributed by atoms with van der Waals surface area (Å²) in [4.78, 5) is 33.9. The lowest BCUT2D eigenvalue weighted by Crippen LogP contribution is -2.40. The average molecular weight is 476 g/mol. The van der Waals surface area contributed by atoms with Gasteiger partial charge in [0, 0.05) is 37.3 Å². The molecule has 1 aromatic carbocycles. The summed E-state index contributed by atoms with van der Waals surface area (Å²) in [6.07, 6.45) is 2.21. The Morgan fingerprint density at radius 2 is 2.16 bits per heavy atom. The molecule has 2 amide bonds. The second-order valence-corrected chi connectivity index (χ2v) is 10.4. The number of thiazole rings is 1. The van der Waals surface area contributed by atoms with Crippen molar-refractivity contribution < 1.29 is 19.1 Å². The molecular weight excluding hydrogens is 446 g/mol. The molecule has 0 radical (unpaired) electrons. The normalized spacial score (nSPS) is 19.2. The molecule has 1 aliphatic heterocycles. The summed E-state index contributed by atoms with van der Waals surface area (Å²) in [5.41, 5.74) is 1.95. The van der Waals surface area contributed by atoms with Gasteiger partial charge in [0.05, 0.1) is 25.5 Å². The van der Waals surface area contributed by atoms with Crippen LogP contribution in [0.4, 0.5) is 0 Å². The van der Waals surface area contributed by atoms with Crippen LogP contribution in [-0.2, 0) is 20.9 Å². The zero-order valence-corrected chi connectivity index (χ0v) is 20.1. The smallest absolute Gasteiger partial charge is 0.242 e. The number of thioether (sulfide) groups is 1. The standard InChI is InChI=1S/C23H29N3O4S2/c1-16-14-31-23(24-16)32-15-22(28)26-11-20(30-13-17-6-7-17)10-25(21(27)12-26)9-18-4-3-5-19(8-18)29-2/h3-5,8,14,17,20H,6-7,9-13,15H2,1-2H3/t20-/m0/s1. The van der Waals surface area contributed by atoms with E-state index >= 15 is 0 Å². The molecule has 0 spiro atoms. The summed E-state index contributed by atoms with van der Waals surface area (Å²) >= 11 is 2.96. The minimum atomic E-state index is -0.191. The van der Waals surface area contributed by atoms with Crippen LogP contribution < -0.4 is 4.74 Å². The Bertz CT molecular complexity index is 947. The Morgan fingerprint density at radius 3 is 2.88 bits per heavy atom. The monoisotopic (exact) mass is 475 g/mol. The third-order valence-corrected chi connectivity index (χ3v) is 7.69. The number of carbonyl (C=O) groups is 2. The van der Waals surface area contributed by atoms with Crippen molar-refractivity contribution in [1.82, 2.24) is 14.8 Å². The Labute approximate surface area is 197 Å². The number of nitrogens with zero attached hydrogens (tertiary/aromatic N) is 3. The van der Waals surface area contributed by atoms with E-state index in [1.165, 1.54) is 35.9 Å². The van der Waals surface area contributed by atoms with Gasteiger partial charge in [-0.05, 0) is 43.4 Å². The van der Waals surface area contributed by atoms with Crippen LogP contribution in [0.25, 0.3) is 0 Å². The summed E-state index contributed by atoms with van der Waals surface area (Å²) < 4.78 is 12.4. The number of amides is 2. The second kappa shape index (κ2) is 10.7. The molecule has 2 heterocycles. The van der Waals surface area contributed by atoms with Crippen molar-refractivity contribution in [2.75, 3.05) is 39.1 Å². The number of hydrogen-bond donors (Lipinski definition) is 0. The molecule has 2 aromatic rings. The predicted octanol–water partition coefficient (Wildman–Crippen LogP) is 3.22. The van der Waals surface area contributed by atoms with E-state index in [-0.39, 0.29) is 30.2 Å². The van der Waals surface area contributed by atoms with Gasteiger partial charge in [-0.25, -0.2) is 4.98 Å². The van der Waals surface area contributed by atoms with Crippen LogP contribution in [0, 0.1) is 12.8 Å². The molecule has 172 valence electrons. The van der Waals surface area contributed by atoms with Crippen molar-refractivity contribution in [3.05, 3.63) is 40.9 Å². The lowest BCUT2D eigenvalue weighted by Gasteiger charge is -2.25. The van der Waals surface area contributed by atoms with Crippen LogP contribution >= 0.6 is 23.1 Å². The topological polar surface area (TPSA) is 72.0 Å². The third-order valence-electron chi connectivity index (χ3n) is 5.57. The van der Waals surface area contributed by atoms with Crippen LogP contribution in [0.2, 0.25) is 0 Å². The maximum absolute atomic E-state index is 13.1. The molecule has 32 heavy (non-hydrogen) atoms. The Hall–Kier alpha value is -2.10. The van der Waals surface area contributed by atoms with Crippen LogP contribution in [0.1, 0.15) is 24.1 Å². The Balaban J connectivity index is 1.42. The van der Waals surface area contributed by atoms with E-state index in [1.54, 1.807) is 16.9 Å². The minimum Gasteiger partial charge on any atom is -0.497 e. The third kappa shape index (κ3) is 6.46. The number of rotatable bonds is 9. The van der Waals surface area contributed by atoms with Crippen molar-refractivity contribution in [2.45, 2.75) is 36.8 Å². The quantitative estimate of drug-likeness (QED) is 0.519. The van der Waals surface area contributed by atoms with Gasteiger partial charge in [-0.2, -0.15) is 0 Å². The van der Waals surface area contributed by atoms with Gasteiger partial charge < -0.3 is 19.3 Å². The zero-order chi connectivity index (χ0) is 22.5. The van der Waals surface area contributed by atoms with E-state index in [1.807, 2.05) is 36.6 Å². The van der Waals surface area contributed by atoms with Gasteiger partial charge in [-0.3, -0.25) is 9.59 Å². The molecular formula is C23H29N3O4S2. The lowest BCUT2D eigenvalue weighted by molar-refractivity contribution is -0.137. The van der Waals surface area contributed by atoms with Crippen molar-refractivity contribution in [2.24, 2.45) is 5.92 Å². The number of ether oxygens (including phenoxy) is 2. The first-order chi connectivity index (χ1) is 15.5. The van der Waals surface area contributed by atoms with Crippen LogP contribution in [-0.4, -0.2) is 71.8 Å². The van der Waals surface area contributed by atoms with Gasteiger partial charge in [0.15, 0.2) is 4.34 Å². The van der Waals surface area contributed by atoms with Crippen LogP contribution in [0.15, 0.2) is 34.0 Å². The number of aryl methyl sites for hydroxylation is 1. The first-order valence-corrected chi connectivity index (χ1v) is 12.7. The Kier molecular flexibility index (Phi) is 7.70. The zero-order valence-electron chi connectivity index (χ0n) is 18.5. The Morgan fingerprint density at radius 1 is 1.31 bits per heavy atom. The van der Waals surface area contributed by atoms with Crippen molar-refractivity contribution >= 4 is 34.9 Å². The van der Waals surface area contributed by atoms with Crippen molar-refractivity contribution in [1.29, 1.82) is 0 Å². The first-order valence-electron chi connectivity index (χ1n) is 10.8. The van der Waals surface area contributed by atoms with Gasteiger partial charge in [0.2, 0.25) is 11.8 Å². The van der Waals surface area contributed by atoms with Gasteiger partial charge >= 0.3 is 0 Å². The van der Waals surface area contributed by atoms with Crippen LogP contribution in [0.3, 0.4) is 0 Å². The second-order valence-electron chi connectivity index (χ2n) is 8.34. The van der Waals surface area contributed by atoms with Crippen molar-refractivity contribution in [3.8, 4) is 5.75 Å². The molecule has 0 bridgehead atoms.